The maximum atomic E-state index is 6.41. The third-order valence-electron chi connectivity index (χ3n) is 5.16. The van der Waals surface area contributed by atoms with Crippen LogP contribution >= 0.6 is 0 Å². The lowest BCUT2D eigenvalue weighted by Gasteiger charge is -2.17. The predicted molar refractivity (Wildman–Crippen MR) is 100 cm³/mol. The molecule has 4 rings (SSSR count). The van der Waals surface area contributed by atoms with Crippen LogP contribution in [0.5, 0.6) is 0 Å². The highest BCUT2D eigenvalue weighted by Crippen LogP contribution is 2.34. The molecule has 0 heterocycles. The molecule has 2 atom stereocenters. The molecule has 0 aliphatic heterocycles. The van der Waals surface area contributed by atoms with Crippen molar-refractivity contribution in [2.24, 2.45) is 5.73 Å². The summed E-state index contributed by atoms with van der Waals surface area (Å²) in [5, 5.41) is 0. The molecule has 2 N–H and O–H groups in total. The van der Waals surface area contributed by atoms with Crippen LogP contribution in [-0.4, -0.2) is 6.04 Å². The number of rotatable bonds is 4. The van der Waals surface area contributed by atoms with Crippen LogP contribution in [0.1, 0.15) is 33.7 Å². The minimum Gasteiger partial charge on any atom is -0.327 e. The van der Waals surface area contributed by atoms with Crippen molar-refractivity contribution in [2.45, 2.75) is 31.2 Å². The van der Waals surface area contributed by atoms with Gasteiger partial charge in [-0.15, -0.1) is 0 Å². The molecule has 1 nitrogen and oxygen atoms in total. The monoisotopic (exact) mass is 313 g/mol. The molecule has 0 bridgehead atoms. The average Bonchev–Trinajstić information content (AvgIpc) is 2.93. The molecule has 120 valence electrons. The van der Waals surface area contributed by atoms with Crippen LogP contribution in [0.15, 0.2) is 78.9 Å². The van der Waals surface area contributed by atoms with Crippen LogP contribution in [0.3, 0.4) is 0 Å². The van der Waals surface area contributed by atoms with E-state index in [0.717, 1.165) is 19.3 Å². The second-order valence-electron chi connectivity index (χ2n) is 6.86. The van der Waals surface area contributed by atoms with Crippen molar-refractivity contribution >= 4 is 0 Å². The summed E-state index contributed by atoms with van der Waals surface area (Å²) in [6, 6.07) is 28.6. The summed E-state index contributed by atoms with van der Waals surface area (Å²) in [7, 11) is 0. The molecule has 0 aromatic heterocycles. The van der Waals surface area contributed by atoms with Crippen LogP contribution in [0, 0.1) is 0 Å². The van der Waals surface area contributed by atoms with Crippen LogP contribution < -0.4 is 5.73 Å². The largest absolute Gasteiger partial charge is 0.327 e. The third kappa shape index (κ3) is 3.13. The Kier molecular flexibility index (Phi) is 4.18. The van der Waals surface area contributed by atoms with Gasteiger partial charge in [0.05, 0.1) is 0 Å². The molecule has 0 saturated carbocycles. The molecular weight excluding hydrogens is 290 g/mol. The second-order valence-corrected chi connectivity index (χ2v) is 6.86. The molecule has 24 heavy (non-hydrogen) atoms. The van der Waals surface area contributed by atoms with E-state index in [1.54, 1.807) is 0 Å². The third-order valence-corrected chi connectivity index (χ3v) is 5.16. The first-order valence-corrected chi connectivity index (χ1v) is 8.75. The zero-order chi connectivity index (χ0) is 16.4. The van der Waals surface area contributed by atoms with Gasteiger partial charge in [0.25, 0.3) is 0 Å². The quantitative estimate of drug-likeness (QED) is 0.754. The lowest BCUT2D eigenvalue weighted by Crippen LogP contribution is -2.26. The molecule has 1 aliphatic carbocycles. The van der Waals surface area contributed by atoms with Crippen molar-refractivity contribution in [1.82, 2.24) is 0 Å². The minimum absolute atomic E-state index is 0.242. The summed E-state index contributed by atoms with van der Waals surface area (Å²) in [6.07, 6.45) is 3.03. The van der Waals surface area contributed by atoms with Gasteiger partial charge in [0.15, 0.2) is 0 Å². The van der Waals surface area contributed by atoms with Crippen molar-refractivity contribution in [1.29, 1.82) is 0 Å². The van der Waals surface area contributed by atoms with Gasteiger partial charge in [-0.1, -0.05) is 78.9 Å². The normalized spacial score (nSPS) is 19.2. The number of nitrogens with two attached hydrogens (primary N) is 1. The highest BCUT2D eigenvalue weighted by atomic mass is 14.7. The van der Waals surface area contributed by atoms with Gasteiger partial charge in [0, 0.05) is 12.0 Å². The highest BCUT2D eigenvalue weighted by Gasteiger charge is 2.29. The van der Waals surface area contributed by atoms with Gasteiger partial charge < -0.3 is 5.73 Å². The summed E-state index contributed by atoms with van der Waals surface area (Å²) >= 11 is 0. The van der Waals surface area contributed by atoms with E-state index in [2.05, 4.69) is 78.9 Å². The van der Waals surface area contributed by atoms with Crippen molar-refractivity contribution in [3.8, 4) is 0 Å². The van der Waals surface area contributed by atoms with Gasteiger partial charge in [-0.05, 0) is 47.1 Å². The molecule has 0 radical (unpaired) electrons. The first-order valence-electron chi connectivity index (χ1n) is 8.75. The van der Waals surface area contributed by atoms with E-state index >= 15 is 0 Å². The minimum atomic E-state index is 0.242. The number of hydrogen-bond acceptors (Lipinski definition) is 1. The Balaban J connectivity index is 1.48. The van der Waals surface area contributed by atoms with E-state index in [4.69, 9.17) is 5.73 Å². The molecule has 0 amide bonds. The van der Waals surface area contributed by atoms with E-state index in [1.807, 2.05) is 0 Å². The predicted octanol–water partition coefficient (Wildman–Crippen LogP) is 4.49. The maximum Gasteiger partial charge on any atom is 0.0152 e. The number of hydrogen-bond donors (Lipinski definition) is 1. The second kappa shape index (κ2) is 6.62. The van der Waals surface area contributed by atoms with E-state index in [-0.39, 0.29) is 6.04 Å². The lowest BCUT2D eigenvalue weighted by atomic mass is 9.90. The summed E-state index contributed by atoms with van der Waals surface area (Å²) < 4.78 is 0. The summed E-state index contributed by atoms with van der Waals surface area (Å²) in [5.74, 6) is 0.446. The standard InChI is InChI=1S/C23H23N/c24-23-16-20-8-4-5-9-21(20)22(23)15-19-12-10-18(11-13-19)14-17-6-2-1-3-7-17/h1-13,22-23H,14-16,24H2/t22-,23-/m1/s1. The smallest absolute Gasteiger partial charge is 0.0152 e. The fourth-order valence-corrected chi connectivity index (χ4v) is 3.85. The molecule has 1 heteroatoms. The molecule has 0 spiro atoms. The summed E-state index contributed by atoms with van der Waals surface area (Å²) in [6.45, 7) is 0. The van der Waals surface area contributed by atoms with Crippen molar-refractivity contribution in [3.63, 3.8) is 0 Å². The maximum absolute atomic E-state index is 6.41. The van der Waals surface area contributed by atoms with Gasteiger partial charge in [-0.2, -0.15) is 0 Å². The Morgan fingerprint density at radius 2 is 1.33 bits per heavy atom. The molecule has 0 fully saturated rings. The fraction of sp³-hybridized carbons (Fsp3) is 0.217. The Labute approximate surface area is 144 Å². The zero-order valence-corrected chi connectivity index (χ0v) is 13.9. The van der Waals surface area contributed by atoms with Crippen molar-refractivity contribution in [2.75, 3.05) is 0 Å². The van der Waals surface area contributed by atoms with Gasteiger partial charge in [-0.25, -0.2) is 0 Å². The summed E-state index contributed by atoms with van der Waals surface area (Å²) in [5.41, 5.74) is 13.4. The molecule has 3 aromatic rings. The fourth-order valence-electron chi connectivity index (χ4n) is 3.85. The number of fused-ring (bicyclic) bond motifs is 1. The van der Waals surface area contributed by atoms with Gasteiger partial charge in [0.2, 0.25) is 0 Å². The van der Waals surface area contributed by atoms with Gasteiger partial charge >= 0.3 is 0 Å². The molecular formula is C23H23N. The Bertz CT molecular complexity index is 805. The molecule has 3 aromatic carbocycles. The van der Waals surface area contributed by atoms with Gasteiger partial charge in [0.1, 0.15) is 0 Å². The van der Waals surface area contributed by atoms with Crippen LogP contribution in [0.25, 0.3) is 0 Å². The van der Waals surface area contributed by atoms with Crippen LogP contribution in [0.2, 0.25) is 0 Å². The van der Waals surface area contributed by atoms with Crippen molar-refractivity contribution in [3.05, 3.63) is 107 Å². The first kappa shape index (κ1) is 15.2. The number of benzene rings is 3. The van der Waals surface area contributed by atoms with E-state index in [1.165, 1.54) is 27.8 Å². The SMILES string of the molecule is N[C@@H]1Cc2ccccc2[C@H]1Cc1ccc(Cc2ccccc2)cc1. The zero-order valence-electron chi connectivity index (χ0n) is 13.9. The van der Waals surface area contributed by atoms with E-state index in [0.29, 0.717) is 5.92 Å². The molecule has 0 unspecified atom stereocenters. The molecule has 1 aliphatic rings. The topological polar surface area (TPSA) is 26.0 Å². The van der Waals surface area contributed by atoms with Gasteiger partial charge in [-0.3, -0.25) is 0 Å². The average molecular weight is 313 g/mol. The Hall–Kier alpha value is -2.38. The van der Waals surface area contributed by atoms with E-state index < -0.39 is 0 Å². The lowest BCUT2D eigenvalue weighted by molar-refractivity contribution is 0.570. The van der Waals surface area contributed by atoms with Crippen LogP contribution in [0.4, 0.5) is 0 Å². The van der Waals surface area contributed by atoms with Crippen molar-refractivity contribution < 1.29 is 0 Å². The highest BCUT2D eigenvalue weighted by molar-refractivity contribution is 5.39. The summed E-state index contributed by atoms with van der Waals surface area (Å²) in [4.78, 5) is 0. The molecule has 0 saturated heterocycles. The van der Waals surface area contributed by atoms with Crippen LogP contribution in [-0.2, 0) is 19.3 Å². The first-order chi connectivity index (χ1) is 11.8. The Morgan fingerprint density at radius 1 is 0.708 bits per heavy atom. The Morgan fingerprint density at radius 3 is 2.12 bits per heavy atom. The van der Waals surface area contributed by atoms with E-state index in [9.17, 15) is 0 Å².